The first-order valence-corrected chi connectivity index (χ1v) is 5.94. The first-order valence-electron chi connectivity index (χ1n) is 4.87. The Kier molecular flexibility index (Phi) is 4.34. The molecular formula is C10H18Cl2O. The Balaban J connectivity index is 2.31. The van der Waals surface area contributed by atoms with Crippen molar-refractivity contribution in [3.05, 3.63) is 0 Å². The molecule has 0 saturated carbocycles. The van der Waals surface area contributed by atoms with Gasteiger partial charge in [0.1, 0.15) is 0 Å². The second-order valence-corrected chi connectivity index (χ2v) is 5.07. The largest absolute Gasteiger partial charge is 0.372 e. The third-order valence-electron chi connectivity index (χ3n) is 2.59. The van der Waals surface area contributed by atoms with Crippen molar-refractivity contribution in [1.29, 1.82) is 0 Å². The maximum atomic E-state index is 5.87. The van der Waals surface area contributed by atoms with Gasteiger partial charge in [0.2, 0.25) is 0 Å². The van der Waals surface area contributed by atoms with Crippen LogP contribution in [0.2, 0.25) is 0 Å². The first-order chi connectivity index (χ1) is 6.07. The standard InChI is InChI=1S/C10H18Cl2O/c1-10(2)4-3-9(13-10)5-8(6-11)7-12/h8-9H,3-7H2,1-2H3. The second kappa shape index (κ2) is 4.86. The van der Waals surface area contributed by atoms with Crippen LogP contribution in [0.15, 0.2) is 0 Å². The molecule has 1 aliphatic heterocycles. The summed E-state index contributed by atoms with van der Waals surface area (Å²) in [5.41, 5.74) is 0.0633. The number of hydrogen-bond acceptors (Lipinski definition) is 1. The van der Waals surface area contributed by atoms with Crippen molar-refractivity contribution in [2.24, 2.45) is 5.92 Å². The van der Waals surface area contributed by atoms with Crippen LogP contribution in [-0.2, 0) is 4.74 Å². The Bertz CT molecular complexity index is 155. The summed E-state index contributed by atoms with van der Waals surface area (Å²) in [5, 5.41) is 0. The predicted octanol–water partition coefficient (Wildman–Crippen LogP) is 3.43. The number of rotatable bonds is 4. The highest BCUT2D eigenvalue weighted by atomic mass is 35.5. The Morgan fingerprint density at radius 2 is 2.00 bits per heavy atom. The van der Waals surface area contributed by atoms with E-state index in [0.29, 0.717) is 23.8 Å². The zero-order valence-corrected chi connectivity index (χ0v) is 9.87. The summed E-state index contributed by atoms with van der Waals surface area (Å²) in [7, 11) is 0. The fourth-order valence-corrected chi connectivity index (χ4v) is 2.36. The van der Waals surface area contributed by atoms with Crippen molar-refractivity contribution < 1.29 is 4.74 Å². The molecule has 1 saturated heterocycles. The van der Waals surface area contributed by atoms with Gasteiger partial charge in [-0.25, -0.2) is 0 Å². The lowest BCUT2D eigenvalue weighted by atomic mass is 10.0. The van der Waals surface area contributed by atoms with E-state index >= 15 is 0 Å². The quantitative estimate of drug-likeness (QED) is 0.666. The molecule has 13 heavy (non-hydrogen) atoms. The molecule has 0 amide bonds. The highest BCUT2D eigenvalue weighted by Crippen LogP contribution is 2.32. The summed E-state index contributed by atoms with van der Waals surface area (Å²) < 4.78 is 5.87. The number of hydrogen-bond donors (Lipinski definition) is 0. The third-order valence-corrected chi connectivity index (χ3v) is 3.46. The van der Waals surface area contributed by atoms with Crippen LogP contribution in [0, 0.1) is 5.92 Å². The molecular weight excluding hydrogens is 207 g/mol. The monoisotopic (exact) mass is 224 g/mol. The zero-order chi connectivity index (χ0) is 9.90. The highest BCUT2D eigenvalue weighted by Gasteiger charge is 2.32. The Hall–Kier alpha value is 0.540. The maximum Gasteiger partial charge on any atom is 0.0631 e. The molecule has 0 bridgehead atoms. The third kappa shape index (κ3) is 3.65. The highest BCUT2D eigenvalue weighted by molar-refractivity contribution is 6.20. The SMILES string of the molecule is CC1(C)CCC(CC(CCl)CCl)O1. The molecule has 0 spiro atoms. The molecule has 3 heteroatoms. The minimum atomic E-state index is 0.0633. The minimum Gasteiger partial charge on any atom is -0.372 e. The fraction of sp³-hybridized carbons (Fsp3) is 1.00. The van der Waals surface area contributed by atoms with Crippen molar-refractivity contribution in [3.63, 3.8) is 0 Å². The van der Waals surface area contributed by atoms with E-state index in [-0.39, 0.29) is 5.60 Å². The van der Waals surface area contributed by atoms with Gasteiger partial charge in [0.25, 0.3) is 0 Å². The molecule has 0 N–H and O–H groups in total. The smallest absolute Gasteiger partial charge is 0.0631 e. The van der Waals surface area contributed by atoms with Gasteiger partial charge in [-0.3, -0.25) is 0 Å². The van der Waals surface area contributed by atoms with Crippen molar-refractivity contribution in [1.82, 2.24) is 0 Å². The van der Waals surface area contributed by atoms with Crippen LogP contribution >= 0.6 is 23.2 Å². The van der Waals surface area contributed by atoms with Crippen molar-refractivity contribution >= 4 is 23.2 Å². The van der Waals surface area contributed by atoms with Gasteiger partial charge < -0.3 is 4.74 Å². The van der Waals surface area contributed by atoms with Crippen LogP contribution in [0.5, 0.6) is 0 Å². The van der Waals surface area contributed by atoms with Crippen LogP contribution in [0.4, 0.5) is 0 Å². The summed E-state index contributed by atoms with van der Waals surface area (Å²) in [6.07, 6.45) is 3.68. The molecule has 0 aromatic heterocycles. The summed E-state index contributed by atoms with van der Waals surface area (Å²) in [5.74, 6) is 1.69. The van der Waals surface area contributed by atoms with Gasteiger partial charge in [0.05, 0.1) is 11.7 Å². The average Bonchev–Trinajstić information content (AvgIpc) is 2.41. The van der Waals surface area contributed by atoms with Gasteiger partial charge in [0, 0.05) is 11.8 Å². The molecule has 1 nitrogen and oxygen atoms in total. The molecule has 0 aromatic rings. The van der Waals surface area contributed by atoms with Crippen LogP contribution in [0.3, 0.4) is 0 Å². The first kappa shape index (κ1) is 11.6. The van der Waals surface area contributed by atoms with Crippen LogP contribution < -0.4 is 0 Å². The fourth-order valence-electron chi connectivity index (χ4n) is 1.78. The summed E-state index contributed by atoms with van der Waals surface area (Å²) in [6.45, 7) is 4.28. The van der Waals surface area contributed by atoms with Crippen molar-refractivity contribution in [3.8, 4) is 0 Å². The van der Waals surface area contributed by atoms with E-state index in [1.54, 1.807) is 0 Å². The van der Waals surface area contributed by atoms with Crippen molar-refractivity contribution in [2.75, 3.05) is 11.8 Å². The van der Waals surface area contributed by atoms with E-state index in [1.165, 1.54) is 0 Å². The zero-order valence-electron chi connectivity index (χ0n) is 8.35. The maximum absolute atomic E-state index is 5.87. The Morgan fingerprint density at radius 3 is 2.38 bits per heavy atom. The Labute approximate surface area is 90.7 Å². The topological polar surface area (TPSA) is 9.23 Å². The number of alkyl halides is 2. The summed E-state index contributed by atoms with van der Waals surface area (Å²) in [6, 6.07) is 0. The van der Waals surface area contributed by atoms with E-state index in [9.17, 15) is 0 Å². The van der Waals surface area contributed by atoms with Crippen LogP contribution in [-0.4, -0.2) is 23.5 Å². The molecule has 1 unspecified atom stereocenters. The van der Waals surface area contributed by atoms with E-state index < -0.39 is 0 Å². The van der Waals surface area contributed by atoms with E-state index in [0.717, 1.165) is 19.3 Å². The van der Waals surface area contributed by atoms with Gasteiger partial charge in [-0.15, -0.1) is 23.2 Å². The molecule has 0 aliphatic carbocycles. The Morgan fingerprint density at radius 1 is 1.38 bits per heavy atom. The van der Waals surface area contributed by atoms with Crippen LogP contribution in [0.1, 0.15) is 33.1 Å². The lowest BCUT2D eigenvalue weighted by Crippen LogP contribution is -2.22. The molecule has 0 aromatic carbocycles. The number of halogens is 2. The van der Waals surface area contributed by atoms with Gasteiger partial charge in [-0.2, -0.15) is 0 Å². The van der Waals surface area contributed by atoms with Gasteiger partial charge in [0.15, 0.2) is 0 Å². The molecule has 78 valence electrons. The van der Waals surface area contributed by atoms with E-state index in [1.807, 2.05) is 0 Å². The van der Waals surface area contributed by atoms with E-state index in [2.05, 4.69) is 13.8 Å². The summed E-state index contributed by atoms with van der Waals surface area (Å²) >= 11 is 11.6. The van der Waals surface area contributed by atoms with Gasteiger partial charge in [-0.05, 0) is 39.0 Å². The number of ether oxygens (including phenoxy) is 1. The molecule has 1 atom stereocenters. The molecule has 0 radical (unpaired) electrons. The van der Waals surface area contributed by atoms with Gasteiger partial charge in [-0.1, -0.05) is 0 Å². The van der Waals surface area contributed by atoms with Crippen LogP contribution in [0.25, 0.3) is 0 Å². The lowest BCUT2D eigenvalue weighted by Gasteiger charge is -2.21. The molecule has 1 aliphatic rings. The molecule has 1 heterocycles. The van der Waals surface area contributed by atoms with E-state index in [4.69, 9.17) is 27.9 Å². The van der Waals surface area contributed by atoms with Crippen molar-refractivity contribution in [2.45, 2.75) is 44.8 Å². The predicted molar refractivity (Wildman–Crippen MR) is 57.7 cm³/mol. The normalized spacial score (nSPS) is 27.0. The molecule has 1 fully saturated rings. The van der Waals surface area contributed by atoms with Gasteiger partial charge >= 0.3 is 0 Å². The minimum absolute atomic E-state index is 0.0633. The lowest BCUT2D eigenvalue weighted by molar-refractivity contribution is -0.0224. The average molecular weight is 225 g/mol. The summed E-state index contributed by atoms with van der Waals surface area (Å²) in [4.78, 5) is 0. The second-order valence-electron chi connectivity index (χ2n) is 4.45. The molecule has 1 rings (SSSR count).